The van der Waals surface area contributed by atoms with Crippen molar-refractivity contribution in [3.05, 3.63) is 53.9 Å². The summed E-state index contributed by atoms with van der Waals surface area (Å²) in [4.78, 5) is 19.0. The van der Waals surface area contributed by atoms with Crippen LogP contribution in [0, 0.1) is 0 Å². The van der Waals surface area contributed by atoms with Crippen LogP contribution in [-0.2, 0) is 6.42 Å². The smallest absolute Gasteiger partial charge is 0.253 e. The van der Waals surface area contributed by atoms with Gasteiger partial charge in [0.15, 0.2) is 0 Å². The molecule has 1 N–H and O–H groups in total. The Labute approximate surface area is 136 Å². The molecule has 4 rings (SSSR count). The molecule has 0 spiro atoms. The molecule has 1 aliphatic heterocycles. The van der Waals surface area contributed by atoms with Crippen molar-refractivity contribution in [1.82, 2.24) is 10.3 Å². The zero-order valence-corrected chi connectivity index (χ0v) is 13.2. The van der Waals surface area contributed by atoms with Crippen molar-refractivity contribution in [2.75, 3.05) is 11.4 Å². The van der Waals surface area contributed by atoms with Gasteiger partial charge in [-0.3, -0.25) is 9.78 Å². The molecule has 0 unspecified atom stereocenters. The summed E-state index contributed by atoms with van der Waals surface area (Å²) in [7, 11) is 0. The molecule has 0 saturated heterocycles. The van der Waals surface area contributed by atoms with E-state index in [1.54, 1.807) is 6.20 Å². The fourth-order valence-electron chi connectivity index (χ4n) is 3.64. The monoisotopic (exact) mass is 307 g/mol. The van der Waals surface area contributed by atoms with E-state index in [1.165, 1.54) is 24.1 Å². The van der Waals surface area contributed by atoms with Gasteiger partial charge in [-0.1, -0.05) is 31.0 Å². The summed E-state index contributed by atoms with van der Waals surface area (Å²) in [6, 6.07) is 10.7. The van der Waals surface area contributed by atoms with Gasteiger partial charge in [0.1, 0.15) is 0 Å². The molecular weight excluding hydrogens is 286 g/mol. The third-order valence-corrected chi connectivity index (χ3v) is 4.88. The van der Waals surface area contributed by atoms with Crippen molar-refractivity contribution < 1.29 is 4.79 Å². The van der Waals surface area contributed by atoms with Crippen LogP contribution in [0.3, 0.4) is 0 Å². The minimum absolute atomic E-state index is 0.00117. The molecule has 1 aliphatic carbocycles. The first-order valence-electron chi connectivity index (χ1n) is 8.42. The molecular formula is C19H21N3O. The molecule has 1 aromatic carbocycles. The highest BCUT2D eigenvalue weighted by atomic mass is 16.1. The van der Waals surface area contributed by atoms with Crippen LogP contribution in [-0.4, -0.2) is 23.5 Å². The molecule has 4 nitrogen and oxygen atoms in total. The van der Waals surface area contributed by atoms with Gasteiger partial charge in [-0.05, 0) is 37.0 Å². The minimum Gasteiger partial charge on any atom is -0.349 e. The number of para-hydroxylation sites is 1. The molecule has 23 heavy (non-hydrogen) atoms. The van der Waals surface area contributed by atoms with Gasteiger partial charge in [0.05, 0.1) is 17.4 Å². The van der Waals surface area contributed by atoms with Gasteiger partial charge in [0, 0.05) is 24.5 Å². The van der Waals surface area contributed by atoms with E-state index in [2.05, 4.69) is 39.5 Å². The predicted molar refractivity (Wildman–Crippen MR) is 91.1 cm³/mol. The lowest BCUT2D eigenvalue weighted by Crippen LogP contribution is -2.32. The van der Waals surface area contributed by atoms with Crippen LogP contribution >= 0.6 is 0 Å². The van der Waals surface area contributed by atoms with Crippen molar-refractivity contribution >= 4 is 17.3 Å². The molecule has 2 aromatic rings. The highest BCUT2D eigenvalue weighted by Gasteiger charge is 2.22. The number of nitrogens with one attached hydrogen (secondary N) is 1. The molecule has 0 radical (unpaired) electrons. The number of hydrogen-bond acceptors (Lipinski definition) is 3. The maximum Gasteiger partial charge on any atom is 0.253 e. The van der Waals surface area contributed by atoms with Crippen LogP contribution in [0.4, 0.5) is 11.4 Å². The van der Waals surface area contributed by atoms with Crippen molar-refractivity contribution in [3.8, 4) is 0 Å². The van der Waals surface area contributed by atoms with Crippen LogP contribution in [0.25, 0.3) is 0 Å². The van der Waals surface area contributed by atoms with Crippen LogP contribution in [0.1, 0.15) is 41.6 Å². The van der Waals surface area contributed by atoms with E-state index in [1.807, 2.05) is 12.3 Å². The molecule has 2 aliphatic rings. The summed E-state index contributed by atoms with van der Waals surface area (Å²) in [5, 5.41) is 3.13. The molecule has 0 bridgehead atoms. The van der Waals surface area contributed by atoms with E-state index in [0.29, 0.717) is 11.6 Å². The lowest BCUT2D eigenvalue weighted by Gasteiger charge is -2.20. The minimum atomic E-state index is -0.00117. The second-order valence-electron chi connectivity index (χ2n) is 6.42. The van der Waals surface area contributed by atoms with Gasteiger partial charge in [-0.15, -0.1) is 0 Å². The highest BCUT2D eigenvalue weighted by molar-refractivity contribution is 5.95. The zero-order chi connectivity index (χ0) is 15.6. The number of carbonyl (C=O) groups excluding carboxylic acids is 1. The maximum absolute atomic E-state index is 12.4. The Bertz CT molecular complexity index is 722. The Morgan fingerprint density at radius 2 is 2.00 bits per heavy atom. The first-order chi connectivity index (χ1) is 11.3. The van der Waals surface area contributed by atoms with Crippen molar-refractivity contribution in [2.24, 2.45) is 0 Å². The number of rotatable bonds is 3. The molecule has 4 heteroatoms. The van der Waals surface area contributed by atoms with Crippen molar-refractivity contribution in [2.45, 2.75) is 38.1 Å². The van der Waals surface area contributed by atoms with E-state index in [-0.39, 0.29) is 5.91 Å². The van der Waals surface area contributed by atoms with E-state index in [0.717, 1.165) is 31.5 Å². The average Bonchev–Trinajstić information content (AvgIpc) is 3.24. The molecule has 1 aromatic heterocycles. The Balaban J connectivity index is 1.56. The summed E-state index contributed by atoms with van der Waals surface area (Å²) in [6.45, 7) is 0.939. The number of pyridine rings is 1. The normalized spacial score (nSPS) is 17.3. The molecule has 1 amide bonds. The summed E-state index contributed by atoms with van der Waals surface area (Å²) in [6.07, 6.45) is 9.16. The third kappa shape index (κ3) is 2.81. The Morgan fingerprint density at radius 3 is 2.87 bits per heavy atom. The Morgan fingerprint density at radius 1 is 1.17 bits per heavy atom. The second-order valence-corrected chi connectivity index (χ2v) is 6.42. The quantitative estimate of drug-likeness (QED) is 0.944. The summed E-state index contributed by atoms with van der Waals surface area (Å²) < 4.78 is 0. The third-order valence-electron chi connectivity index (χ3n) is 4.88. The Kier molecular flexibility index (Phi) is 3.74. The summed E-state index contributed by atoms with van der Waals surface area (Å²) >= 11 is 0. The second kappa shape index (κ2) is 6.03. The van der Waals surface area contributed by atoms with Crippen LogP contribution in [0.15, 0.2) is 42.7 Å². The lowest BCUT2D eigenvalue weighted by molar-refractivity contribution is 0.0937. The highest BCUT2D eigenvalue weighted by Crippen LogP contribution is 2.34. The van der Waals surface area contributed by atoms with Crippen molar-refractivity contribution in [3.63, 3.8) is 0 Å². The molecule has 1 fully saturated rings. The van der Waals surface area contributed by atoms with Crippen molar-refractivity contribution in [1.29, 1.82) is 0 Å². The molecule has 0 atom stereocenters. The standard InChI is InChI=1S/C19H21N3O/c23-19(21-16-6-2-3-7-16)15-11-17(13-20-12-15)22-10-9-14-5-1-4-8-18(14)22/h1,4-5,8,11-13,16H,2-3,6-7,9-10H2,(H,21,23). The van der Waals surface area contributed by atoms with Crippen LogP contribution in [0.5, 0.6) is 0 Å². The topological polar surface area (TPSA) is 45.2 Å². The summed E-state index contributed by atoms with van der Waals surface area (Å²) in [5.41, 5.74) is 4.23. The van der Waals surface area contributed by atoms with E-state index in [9.17, 15) is 4.79 Å². The molecule has 1 saturated carbocycles. The number of fused-ring (bicyclic) bond motifs is 1. The SMILES string of the molecule is O=C(NC1CCCC1)c1cncc(N2CCc3ccccc32)c1. The first kappa shape index (κ1) is 14.2. The van der Waals surface area contributed by atoms with Gasteiger partial charge in [0.25, 0.3) is 5.91 Å². The Hall–Kier alpha value is -2.36. The molecule has 118 valence electrons. The first-order valence-corrected chi connectivity index (χ1v) is 8.42. The van der Waals surface area contributed by atoms with Crippen LogP contribution < -0.4 is 10.2 Å². The van der Waals surface area contributed by atoms with E-state index >= 15 is 0 Å². The van der Waals surface area contributed by atoms with Gasteiger partial charge in [-0.25, -0.2) is 0 Å². The van der Waals surface area contributed by atoms with E-state index < -0.39 is 0 Å². The largest absolute Gasteiger partial charge is 0.349 e. The number of nitrogens with zero attached hydrogens (tertiary/aromatic N) is 2. The predicted octanol–water partition coefficient (Wildman–Crippen LogP) is 3.45. The van der Waals surface area contributed by atoms with Gasteiger partial charge in [-0.2, -0.15) is 0 Å². The lowest BCUT2D eigenvalue weighted by atomic mass is 10.1. The van der Waals surface area contributed by atoms with Gasteiger partial charge in [0.2, 0.25) is 0 Å². The van der Waals surface area contributed by atoms with Gasteiger partial charge < -0.3 is 10.2 Å². The number of aromatic nitrogens is 1. The van der Waals surface area contributed by atoms with E-state index in [4.69, 9.17) is 0 Å². The average molecular weight is 307 g/mol. The van der Waals surface area contributed by atoms with Crippen LogP contribution in [0.2, 0.25) is 0 Å². The number of benzene rings is 1. The molecule has 2 heterocycles. The number of anilines is 2. The fourth-order valence-corrected chi connectivity index (χ4v) is 3.64. The number of hydrogen-bond donors (Lipinski definition) is 1. The number of carbonyl (C=O) groups is 1. The maximum atomic E-state index is 12.4. The fraction of sp³-hybridized carbons (Fsp3) is 0.368. The zero-order valence-electron chi connectivity index (χ0n) is 13.2. The summed E-state index contributed by atoms with van der Waals surface area (Å²) in [5.74, 6) is -0.00117. The van der Waals surface area contributed by atoms with Gasteiger partial charge >= 0.3 is 0 Å². The number of amides is 1.